The van der Waals surface area contributed by atoms with Gasteiger partial charge in [-0.2, -0.15) is 0 Å². The molecular formula is C13H13NO2S. The molecule has 1 atom stereocenters. The number of aryl methyl sites for hydroxylation is 1. The highest BCUT2D eigenvalue weighted by atomic mass is 32.1. The Hall–Kier alpha value is -1.49. The van der Waals surface area contributed by atoms with Gasteiger partial charge in [0.15, 0.2) is 11.3 Å². The summed E-state index contributed by atoms with van der Waals surface area (Å²) < 4.78 is 11.0. The fourth-order valence-corrected chi connectivity index (χ4v) is 2.21. The minimum atomic E-state index is -0.184. The summed E-state index contributed by atoms with van der Waals surface area (Å²) in [6, 6.07) is 7.99. The van der Waals surface area contributed by atoms with Gasteiger partial charge in [0.2, 0.25) is 4.99 Å². The predicted octanol–water partition coefficient (Wildman–Crippen LogP) is 0.717. The summed E-state index contributed by atoms with van der Waals surface area (Å²) in [6.45, 7) is 2.03. The Morgan fingerprint density at radius 2 is 2.12 bits per heavy atom. The van der Waals surface area contributed by atoms with E-state index in [2.05, 4.69) is 0 Å². The number of nitrogens with one attached hydrogen (secondary N) is 1. The first-order valence-electron chi connectivity index (χ1n) is 5.35. The lowest BCUT2D eigenvalue weighted by Crippen LogP contribution is -3.06. The van der Waals surface area contributed by atoms with Crippen molar-refractivity contribution in [2.45, 2.75) is 13.3 Å². The standard InChI is InChI=1S/C13H13NO2S/c1-10-5-2-3-6-11(10)9-12-7-4-8-14(15)13(12)17-16/h2-8,14H,9H2,1H3. The smallest absolute Gasteiger partial charge is 0.233 e. The van der Waals surface area contributed by atoms with Crippen molar-refractivity contribution >= 4 is 16.2 Å². The molecule has 1 aliphatic rings. The Bertz CT molecular complexity index is 542. The van der Waals surface area contributed by atoms with Gasteiger partial charge in [-0.25, -0.2) is 4.21 Å². The number of benzene rings is 1. The second-order valence-corrected chi connectivity index (χ2v) is 4.51. The maximum absolute atomic E-state index is 11.5. The van der Waals surface area contributed by atoms with Gasteiger partial charge in [0.05, 0.1) is 0 Å². The van der Waals surface area contributed by atoms with E-state index in [0.29, 0.717) is 11.4 Å². The number of hydrogen-bond donors (Lipinski definition) is 1. The lowest BCUT2D eigenvalue weighted by molar-refractivity contribution is -0.680. The third-order valence-corrected chi connectivity index (χ3v) is 3.42. The molecule has 1 aromatic carbocycles. The van der Waals surface area contributed by atoms with Gasteiger partial charge in [0.25, 0.3) is 0 Å². The zero-order chi connectivity index (χ0) is 12.3. The molecule has 88 valence electrons. The highest BCUT2D eigenvalue weighted by Gasteiger charge is 2.17. The van der Waals surface area contributed by atoms with Crippen LogP contribution in [0.3, 0.4) is 0 Å². The molecule has 1 heterocycles. The second-order valence-electron chi connectivity index (χ2n) is 3.93. The van der Waals surface area contributed by atoms with E-state index >= 15 is 0 Å². The van der Waals surface area contributed by atoms with Crippen LogP contribution in [0.25, 0.3) is 0 Å². The van der Waals surface area contributed by atoms with Crippen LogP contribution >= 0.6 is 0 Å². The van der Waals surface area contributed by atoms with Crippen LogP contribution in [0.4, 0.5) is 0 Å². The summed E-state index contributed by atoms with van der Waals surface area (Å²) in [4.78, 5) is 0.316. The first-order valence-corrected chi connectivity index (χ1v) is 6.09. The number of hydrogen-bond acceptors (Lipinski definition) is 2. The van der Waals surface area contributed by atoms with Crippen LogP contribution in [0.15, 0.2) is 48.2 Å². The molecule has 0 aromatic heterocycles. The summed E-state index contributed by atoms with van der Waals surface area (Å²) in [7, 11) is 0. The van der Waals surface area contributed by atoms with Gasteiger partial charge >= 0.3 is 0 Å². The van der Waals surface area contributed by atoms with Gasteiger partial charge in [0.1, 0.15) is 6.20 Å². The van der Waals surface area contributed by atoms with Crippen molar-refractivity contribution in [3.63, 3.8) is 0 Å². The fraction of sp³-hybridized carbons (Fsp3) is 0.154. The molecule has 0 aliphatic carbocycles. The van der Waals surface area contributed by atoms with E-state index < -0.39 is 0 Å². The normalized spacial score (nSPS) is 19.1. The van der Waals surface area contributed by atoms with Crippen molar-refractivity contribution in [1.82, 2.24) is 0 Å². The molecule has 1 aliphatic heterocycles. The first kappa shape index (κ1) is 12.0. The van der Waals surface area contributed by atoms with Crippen LogP contribution in [-0.4, -0.2) is 9.20 Å². The van der Waals surface area contributed by atoms with Crippen molar-refractivity contribution in [2.75, 3.05) is 0 Å². The predicted molar refractivity (Wildman–Crippen MR) is 69.6 cm³/mol. The lowest BCUT2D eigenvalue weighted by atomic mass is 9.99. The third-order valence-electron chi connectivity index (χ3n) is 2.79. The minimum absolute atomic E-state index is 0.184. The molecule has 3 nitrogen and oxygen atoms in total. The van der Waals surface area contributed by atoms with Crippen LogP contribution < -0.4 is 5.06 Å². The van der Waals surface area contributed by atoms with E-state index in [1.165, 1.54) is 11.8 Å². The molecule has 0 saturated heterocycles. The van der Waals surface area contributed by atoms with Gasteiger partial charge in [-0.3, -0.25) is 0 Å². The molecule has 2 rings (SSSR count). The number of quaternary nitrogens is 1. The van der Waals surface area contributed by atoms with E-state index in [1.807, 2.05) is 37.3 Å². The summed E-state index contributed by atoms with van der Waals surface area (Å²) >= 11 is 0.285. The van der Waals surface area contributed by atoms with Crippen LogP contribution in [-0.2, 0) is 17.7 Å². The highest BCUT2D eigenvalue weighted by Crippen LogP contribution is 2.13. The minimum Gasteiger partial charge on any atom is -0.623 e. The quantitative estimate of drug-likeness (QED) is 0.618. The maximum Gasteiger partial charge on any atom is 0.233 e. The zero-order valence-electron chi connectivity index (χ0n) is 9.47. The van der Waals surface area contributed by atoms with Crippen LogP contribution in [0, 0.1) is 12.1 Å². The Kier molecular flexibility index (Phi) is 3.68. The number of allylic oxidation sites excluding steroid dienone is 2. The van der Waals surface area contributed by atoms with Crippen molar-refractivity contribution in [3.05, 3.63) is 64.5 Å². The van der Waals surface area contributed by atoms with E-state index in [1.54, 1.807) is 6.08 Å². The summed E-state index contributed by atoms with van der Waals surface area (Å²) in [5.74, 6) is 0. The molecule has 4 heteroatoms. The molecule has 1 N–H and O–H groups in total. The first-order chi connectivity index (χ1) is 8.22. The fourth-order valence-electron chi connectivity index (χ4n) is 1.81. The molecule has 0 fully saturated rings. The molecule has 1 aromatic rings. The maximum atomic E-state index is 11.5. The topological polar surface area (TPSA) is 44.6 Å². The Balaban J connectivity index is 2.30. The molecular weight excluding hydrogens is 234 g/mol. The molecule has 1 unspecified atom stereocenters. The van der Waals surface area contributed by atoms with Gasteiger partial charge < -0.3 is 10.3 Å². The lowest BCUT2D eigenvalue weighted by Gasteiger charge is -2.21. The second kappa shape index (κ2) is 5.23. The summed E-state index contributed by atoms with van der Waals surface area (Å²) in [5.41, 5.74) is 3.13. The van der Waals surface area contributed by atoms with Gasteiger partial charge in [-0.05, 0) is 30.2 Å². The number of hydroxylamine groups is 2. The van der Waals surface area contributed by atoms with Crippen molar-refractivity contribution in [2.24, 2.45) is 0 Å². The summed E-state index contributed by atoms with van der Waals surface area (Å²) in [6.07, 6.45) is 5.61. The Morgan fingerprint density at radius 1 is 1.35 bits per heavy atom. The number of rotatable bonds is 2. The molecule has 0 amide bonds. The van der Waals surface area contributed by atoms with Crippen molar-refractivity contribution in [1.29, 1.82) is 0 Å². The Labute approximate surface area is 104 Å². The monoisotopic (exact) mass is 247 g/mol. The van der Waals surface area contributed by atoms with Crippen LogP contribution in [0.1, 0.15) is 11.1 Å². The molecule has 0 saturated carbocycles. The van der Waals surface area contributed by atoms with Crippen LogP contribution in [0.5, 0.6) is 0 Å². The molecule has 0 bridgehead atoms. The Morgan fingerprint density at radius 3 is 2.82 bits per heavy atom. The van der Waals surface area contributed by atoms with Gasteiger partial charge in [-0.1, -0.05) is 24.3 Å². The van der Waals surface area contributed by atoms with Crippen LogP contribution in [0.2, 0.25) is 0 Å². The summed E-state index contributed by atoms with van der Waals surface area (Å²) in [5, 5.41) is 11.3. The van der Waals surface area contributed by atoms with E-state index in [0.717, 1.165) is 11.1 Å². The SMILES string of the molecule is Cc1ccccc1CC1=CC=C[NH+]([O-])C1=S=O. The third kappa shape index (κ3) is 2.61. The average molecular weight is 247 g/mol. The average Bonchev–Trinajstić information content (AvgIpc) is 2.32. The van der Waals surface area contributed by atoms with Crippen molar-refractivity contribution < 1.29 is 9.27 Å². The van der Waals surface area contributed by atoms with E-state index in [-0.39, 0.29) is 16.3 Å². The zero-order valence-corrected chi connectivity index (χ0v) is 10.3. The highest BCUT2D eigenvalue weighted by molar-refractivity contribution is 7.66. The largest absolute Gasteiger partial charge is 0.623 e. The van der Waals surface area contributed by atoms with Gasteiger partial charge in [-0.15, -0.1) is 0 Å². The van der Waals surface area contributed by atoms with Gasteiger partial charge in [0, 0.05) is 12.0 Å². The van der Waals surface area contributed by atoms with E-state index in [9.17, 15) is 9.42 Å². The van der Waals surface area contributed by atoms with Crippen molar-refractivity contribution in [3.8, 4) is 0 Å². The molecule has 17 heavy (non-hydrogen) atoms. The molecule has 0 radical (unpaired) electrons. The van der Waals surface area contributed by atoms with E-state index in [4.69, 9.17) is 0 Å². The molecule has 0 spiro atoms.